The number of hydrogen-bond donors (Lipinski definition) is 1. The first-order chi connectivity index (χ1) is 13.9. The highest BCUT2D eigenvalue weighted by molar-refractivity contribution is 7.19. The van der Waals surface area contributed by atoms with Gasteiger partial charge >= 0.3 is 0 Å². The fraction of sp³-hybridized carbons (Fsp3) is 0.154. The third kappa shape index (κ3) is 3.17. The lowest BCUT2D eigenvalue weighted by Gasteiger charge is -2.22. The van der Waals surface area contributed by atoms with Gasteiger partial charge in [-0.05, 0) is 77.2 Å². The van der Waals surface area contributed by atoms with Crippen molar-refractivity contribution in [2.24, 2.45) is 0 Å². The van der Waals surface area contributed by atoms with E-state index < -0.39 is 0 Å². The van der Waals surface area contributed by atoms with Gasteiger partial charge in [-0.3, -0.25) is 0 Å². The summed E-state index contributed by atoms with van der Waals surface area (Å²) in [6, 6.07) is 26.1. The minimum atomic E-state index is -0.0489. The van der Waals surface area contributed by atoms with Crippen molar-refractivity contribution in [3.63, 3.8) is 0 Å². The van der Waals surface area contributed by atoms with E-state index in [2.05, 4.69) is 92.8 Å². The predicted molar refractivity (Wildman–Crippen MR) is 127 cm³/mol. The van der Waals surface area contributed by atoms with Crippen LogP contribution in [0.5, 0.6) is 0 Å². The Labute approximate surface area is 181 Å². The van der Waals surface area contributed by atoms with Gasteiger partial charge in [-0.25, -0.2) is 0 Å². The highest BCUT2D eigenvalue weighted by atomic mass is 35.5. The van der Waals surface area contributed by atoms with Crippen molar-refractivity contribution in [1.82, 2.24) is 0 Å². The van der Waals surface area contributed by atoms with Crippen LogP contribution in [0.4, 0.5) is 11.4 Å². The Bertz CT molecular complexity index is 1220. The molecule has 0 unspecified atom stereocenters. The molecule has 0 saturated carbocycles. The third-order valence-electron chi connectivity index (χ3n) is 5.87. The van der Waals surface area contributed by atoms with Gasteiger partial charge in [0.25, 0.3) is 0 Å². The third-order valence-corrected chi connectivity index (χ3v) is 7.15. The van der Waals surface area contributed by atoms with Gasteiger partial charge in [-0.15, -0.1) is 11.3 Å². The molecular weight excluding hydrogens is 394 g/mol. The molecule has 3 aromatic carbocycles. The number of hydrogen-bond acceptors (Lipinski definition) is 2. The summed E-state index contributed by atoms with van der Waals surface area (Å²) in [5, 5.41) is 3.55. The SMILES string of the molecule is Cc1ccc(Nc2ccc3c(c2)C(C)(C)c2cc(-c4ccc(Cl)s4)ccc2-3)cc1. The first-order valence-corrected chi connectivity index (χ1v) is 11.0. The number of benzene rings is 3. The van der Waals surface area contributed by atoms with Crippen LogP contribution in [0.3, 0.4) is 0 Å². The lowest BCUT2D eigenvalue weighted by Crippen LogP contribution is -2.15. The van der Waals surface area contributed by atoms with E-state index >= 15 is 0 Å². The number of fused-ring (bicyclic) bond motifs is 3. The maximum Gasteiger partial charge on any atom is 0.0934 e. The number of rotatable bonds is 3. The van der Waals surface area contributed by atoms with Crippen molar-refractivity contribution in [2.75, 3.05) is 5.32 Å². The molecule has 0 amide bonds. The lowest BCUT2D eigenvalue weighted by molar-refractivity contribution is 0.661. The number of thiophene rings is 1. The van der Waals surface area contributed by atoms with Crippen molar-refractivity contribution in [3.05, 3.63) is 93.8 Å². The maximum absolute atomic E-state index is 6.16. The molecule has 1 heterocycles. The van der Waals surface area contributed by atoms with Gasteiger partial charge in [0.2, 0.25) is 0 Å². The van der Waals surface area contributed by atoms with Crippen LogP contribution in [0.1, 0.15) is 30.5 Å². The molecule has 1 nitrogen and oxygen atoms in total. The van der Waals surface area contributed by atoms with Gasteiger partial charge in [0.05, 0.1) is 4.34 Å². The highest BCUT2D eigenvalue weighted by Gasteiger charge is 2.35. The normalized spacial score (nSPS) is 13.8. The van der Waals surface area contributed by atoms with Crippen LogP contribution in [-0.4, -0.2) is 0 Å². The molecule has 29 heavy (non-hydrogen) atoms. The van der Waals surface area contributed by atoms with Crippen molar-refractivity contribution >= 4 is 34.3 Å². The fourth-order valence-electron chi connectivity index (χ4n) is 4.24. The molecule has 144 valence electrons. The molecule has 0 spiro atoms. The van der Waals surface area contributed by atoms with Gasteiger partial charge < -0.3 is 5.32 Å². The van der Waals surface area contributed by atoms with Crippen molar-refractivity contribution < 1.29 is 0 Å². The molecule has 0 radical (unpaired) electrons. The van der Waals surface area contributed by atoms with Crippen molar-refractivity contribution in [2.45, 2.75) is 26.2 Å². The Morgan fingerprint density at radius 2 is 1.41 bits per heavy atom. The molecule has 0 bridgehead atoms. The number of anilines is 2. The number of nitrogens with one attached hydrogen (secondary N) is 1. The largest absolute Gasteiger partial charge is 0.356 e. The van der Waals surface area contributed by atoms with Crippen molar-refractivity contribution in [1.29, 1.82) is 0 Å². The van der Waals surface area contributed by atoms with Crippen LogP contribution in [0.25, 0.3) is 21.6 Å². The first kappa shape index (κ1) is 18.5. The van der Waals surface area contributed by atoms with Crippen LogP contribution in [-0.2, 0) is 5.41 Å². The van der Waals surface area contributed by atoms with E-state index in [1.165, 1.54) is 38.3 Å². The molecule has 0 aliphatic heterocycles. The summed E-state index contributed by atoms with van der Waals surface area (Å²) >= 11 is 7.79. The summed E-state index contributed by atoms with van der Waals surface area (Å²) in [4.78, 5) is 1.21. The average Bonchev–Trinajstić information content (AvgIpc) is 3.24. The smallest absolute Gasteiger partial charge is 0.0934 e. The standard InChI is InChI=1S/C26H22ClNS/c1-16-4-7-18(8-5-16)28-19-9-11-21-20-10-6-17(24-12-13-25(27)29-24)14-22(20)26(2,3)23(21)15-19/h4-15,28H,1-3H3. The highest BCUT2D eigenvalue weighted by Crippen LogP contribution is 2.50. The predicted octanol–water partition coefficient (Wildman–Crippen LogP) is 8.43. The van der Waals surface area contributed by atoms with Crippen LogP contribution in [0.2, 0.25) is 4.34 Å². The second-order valence-electron chi connectivity index (χ2n) is 8.24. The van der Waals surface area contributed by atoms with Gasteiger partial charge in [0, 0.05) is 21.7 Å². The Hall–Kier alpha value is -2.55. The molecular formula is C26H22ClNS. The lowest BCUT2D eigenvalue weighted by atomic mass is 9.82. The topological polar surface area (TPSA) is 12.0 Å². The summed E-state index contributed by atoms with van der Waals surface area (Å²) < 4.78 is 0.829. The summed E-state index contributed by atoms with van der Waals surface area (Å²) in [6.07, 6.45) is 0. The Balaban J connectivity index is 1.54. The fourth-order valence-corrected chi connectivity index (χ4v) is 5.28. The van der Waals surface area contributed by atoms with E-state index in [1.54, 1.807) is 11.3 Å². The first-order valence-electron chi connectivity index (χ1n) is 9.81. The summed E-state index contributed by atoms with van der Waals surface area (Å²) in [6.45, 7) is 6.74. The molecule has 4 aromatic rings. The Morgan fingerprint density at radius 3 is 2.10 bits per heavy atom. The zero-order valence-electron chi connectivity index (χ0n) is 16.7. The van der Waals surface area contributed by atoms with Gasteiger partial charge in [-0.1, -0.05) is 61.3 Å². The average molecular weight is 416 g/mol. The maximum atomic E-state index is 6.16. The zero-order valence-corrected chi connectivity index (χ0v) is 18.3. The van der Waals surface area contributed by atoms with E-state index in [9.17, 15) is 0 Å². The second-order valence-corrected chi connectivity index (χ2v) is 9.96. The molecule has 0 atom stereocenters. The van der Waals surface area contributed by atoms with Gasteiger partial charge in [0.15, 0.2) is 0 Å². The number of aryl methyl sites for hydroxylation is 1. The zero-order chi connectivity index (χ0) is 20.2. The molecule has 1 aliphatic carbocycles. The Kier molecular flexibility index (Phi) is 4.31. The van der Waals surface area contributed by atoms with E-state index in [1.807, 2.05) is 6.07 Å². The summed E-state index contributed by atoms with van der Waals surface area (Å²) in [7, 11) is 0. The summed E-state index contributed by atoms with van der Waals surface area (Å²) in [5.41, 5.74) is 10.1. The Morgan fingerprint density at radius 1 is 0.759 bits per heavy atom. The van der Waals surface area contributed by atoms with Crippen LogP contribution in [0, 0.1) is 6.92 Å². The molecule has 1 N–H and O–H groups in total. The molecule has 0 saturated heterocycles. The molecule has 0 fully saturated rings. The van der Waals surface area contributed by atoms with E-state index in [0.717, 1.165) is 15.7 Å². The van der Waals surface area contributed by atoms with Crippen LogP contribution in [0.15, 0.2) is 72.8 Å². The van der Waals surface area contributed by atoms with Crippen molar-refractivity contribution in [3.8, 4) is 21.6 Å². The second kappa shape index (κ2) is 6.76. The minimum Gasteiger partial charge on any atom is -0.356 e. The van der Waals surface area contributed by atoms with Gasteiger partial charge in [0.1, 0.15) is 0 Å². The molecule has 5 rings (SSSR count). The van der Waals surface area contributed by atoms with E-state index in [-0.39, 0.29) is 5.41 Å². The van der Waals surface area contributed by atoms with Gasteiger partial charge in [-0.2, -0.15) is 0 Å². The quantitative estimate of drug-likeness (QED) is 0.354. The van der Waals surface area contributed by atoms with E-state index in [0.29, 0.717) is 0 Å². The molecule has 1 aromatic heterocycles. The van der Waals surface area contributed by atoms with E-state index in [4.69, 9.17) is 11.6 Å². The minimum absolute atomic E-state index is 0.0489. The molecule has 1 aliphatic rings. The van der Waals surface area contributed by atoms with Crippen LogP contribution < -0.4 is 5.32 Å². The summed E-state index contributed by atoms with van der Waals surface area (Å²) in [5.74, 6) is 0. The van der Waals surface area contributed by atoms with Crippen LogP contribution >= 0.6 is 22.9 Å². The number of halogens is 1. The monoisotopic (exact) mass is 415 g/mol. The molecule has 3 heteroatoms.